The second-order valence-corrected chi connectivity index (χ2v) is 9.32. The average molecular weight is 494 g/mol. The quantitative estimate of drug-likeness (QED) is 0.394. The molecule has 0 saturated carbocycles. The molecule has 0 amide bonds. The first-order valence-corrected chi connectivity index (χ1v) is 12.3. The van der Waals surface area contributed by atoms with Crippen LogP contribution in [0.25, 0.3) is 11.1 Å². The molecule has 0 unspecified atom stereocenters. The molecule has 0 spiro atoms. The van der Waals surface area contributed by atoms with E-state index in [9.17, 15) is 0 Å². The van der Waals surface area contributed by atoms with E-state index < -0.39 is 0 Å². The van der Waals surface area contributed by atoms with E-state index in [0.29, 0.717) is 0 Å². The molecule has 182 valence electrons. The summed E-state index contributed by atoms with van der Waals surface area (Å²) in [6.07, 6.45) is 9.07. The number of rotatable bonds is 8. The maximum atomic E-state index is 6.10. The van der Waals surface area contributed by atoms with Gasteiger partial charge in [0.05, 0.1) is 0 Å². The van der Waals surface area contributed by atoms with Gasteiger partial charge in [0.2, 0.25) is 0 Å². The van der Waals surface area contributed by atoms with Crippen molar-refractivity contribution in [1.82, 2.24) is 9.80 Å². The van der Waals surface area contributed by atoms with E-state index in [4.69, 9.17) is 9.47 Å². The van der Waals surface area contributed by atoms with Gasteiger partial charge in [-0.25, -0.2) is 0 Å². The highest BCUT2D eigenvalue weighted by atomic mass is 35.5. The van der Waals surface area contributed by atoms with E-state index >= 15 is 0 Å². The maximum absolute atomic E-state index is 6.10. The normalized spacial score (nSPS) is 17.9. The SMILES string of the molecule is Cl.Cl.c1cc2c(cc1OCCN1CCCCC1)Cc1cc(OCCN3CCCCC3)ccc1-2. The fourth-order valence-electron chi connectivity index (χ4n) is 5.29. The van der Waals surface area contributed by atoms with Gasteiger partial charge in [0.25, 0.3) is 0 Å². The molecule has 2 heterocycles. The van der Waals surface area contributed by atoms with Gasteiger partial charge in [0.1, 0.15) is 24.7 Å². The first kappa shape index (κ1) is 26.2. The summed E-state index contributed by atoms with van der Waals surface area (Å²) >= 11 is 0. The minimum absolute atomic E-state index is 0. The summed E-state index contributed by atoms with van der Waals surface area (Å²) in [5.41, 5.74) is 5.43. The molecule has 0 atom stereocenters. The summed E-state index contributed by atoms with van der Waals surface area (Å²) < 4.78 is 12.2. The highest BCUT2D eigenvalue weighted by Crippen LogP contribution is 2.39. The number of halogens is 2. The Morgan fingerprint density at radius 1 is 0.576 bits per heavy atom. The van der Waals surface area contributed by atoms with Crippen LogP contribution < -0.4 is 9.47 Å². The lowest BCUT2D eigenvalue weighted by Gasteiger charge is -2.26. The number of ether oxygens (including phenoxy) is 2. The molecule has 2 saturated heterocycles. The predicted octanol–water partition coefficient (Wildman–Crippen LogP) is 5.83. The predicted molar refractivity (Wildman–Crippen MR) is 141 cm³/mol. The fourth-order valence-corrected chi connectivity index (χ4v) is 5.29. The Morgan fingerprint density at radius 3 is 1.42 bits per heavy atom. The van der Waals surface area contributed by atoms with Crippen molar-refractivity contribution in [3.05, 3.63) is 47.5 Å². The lowest BCUT2D eigenvalue weighted by atomic mass is 10.1. The maximum Gasteiger partial charge on any atom is 0.119 e. The highest BCUT2D eigenvalue weighted by Gasteiger charge is 2.20. The zero-order valence-electron chi connectivity index (χ0n) is 19.6. The van der Waals surface area contributed by atoms with Crippen molar-refractivity contribution < 1.29 is 9.47 Å². The van der Waals surface area contributed by atoms with E-state index in [1.165, 1.54) is 87.0 Å². The molecule has 1 aliphatic carbocycles. The van der Waals surface area contributed by atoms with Crippen molar-refractivity contribution >= 4 is 24.8 Å². The Bertz CT molecular complexity index is 809. The Hall–Kier alpha value is -1.46. The topological polar surface area (TPSA) is 24.9 Å². The third kappa shape index (κ3) is 6.79. The van der Waals surface area contributed by atoms with E-state index in [0.717, 1.165) is 44.2 Å². The van der Waals surface area contributed by atoms with Gasteiger partial charge in [-0.1, -0.05) is 25.0 Å². The molecule has 2 aliphatic heterocycles. The number of benzene rings is 2. The van der Waals surface area contributed by atoms with Crippen LogP contribution in [0.15, 0.2) is 36.4 Å². The van der Waals surface area contributed by atoms with Crippen molar-refractivity contribution in [1.29, 1.82) is 0 Å². The number of piperidine rings is 2. The van der Waals surface area contributed by atoms with Gasteiger partial charge in [0.15, 0.2) is 0 Å². The van der Waals surface area contributed by atoms with E-state index in [-0.39, 0.29) is 24.8 Å². The Labute approximate surface area is 211 Å². The van der Waals surface area contributed by atoms with Gasteiger partial charge < -0.3 is 9.47 Å². The highest BCUT2D eigenvalue weighted by molar-refractivity contribution is 5.85. The molecule has 2 aromatic rings. The molecule has 2 fully saturated rings. The third-order valence-electron chi connectivity index (χ3n) is 7.07. The van der Waals surface area contributed by atoms with Gasteiger partial charge in [-0.3, -0.25) is 9.80 Å². The van der Waals surface area contributed by atoms with Crippen LogP contribution in [0.2, 0.25) is 0 Å². The second kappa shape index (κ2) is 12.9. The number of hydrogen-bond acceptors (Lipinski definition) is 4. The largest absolute Gasteiger partial charge is 0.492 e. The summed E-state index contributed by atoms with van der Waals surface area (Å²) in [4.78, 5) is 5.05. The summed E-state index contributed by atoms with van der Waals surface area (Å²) in [6, 6.07) is 13.2. The van der Waals surface area contributed by atoms with Crippen LogP contribution in [-0.2, 0) is 6.42 Å². The molecule has 0 radical (unpaired) electrons. The molecular weight excluding hydrogens is 455 g/mol. The third-order valence-corrected chi connectivity index (χ3v) is 7.07. The molecule has 5 rings (SSSR count). The lowest BCUT2D eigenvalue weighted by Crippen LogP contribution is -2.33. The lowest BCUT2D eigenvalue weighted by molar-refractivity contribution is 0.183. The summed E-state index contributed by atoms with van der Waals surface area (Å²) in [5, 5.41) is 0. The number of fused-ring (bicyclic) bond motifs is 3. The Balaban J connectivity index is 0.00000153. The van der Waals surface area contributed by atoms with Gasteiger partial charge in [0, 0.05) is 13.1 Å². The first-order valence-electron chi connectivity index (χ1n) is 12.3. The first-order chi connectivity index (χ1) is 15.3. The summed E-state index contributed by atoms with van der Waals surface area (Å²) in [6.45, 7) is 8.54. The molecule has 0 bridgehead atoms. The molecule has 3 aliphatic rings. The van der Waals surface area contributed by atoms with Crippen LogP contribution in [0.5, 0.6) is 11.5 Å². The van der Waals surface area contributed by atoms with E-state index in [1.807, 2.05) is 0 Å². The summed E-state index contributed by atoms with van der Waals surface area (Å²) in [5.74, 6) is 2.00. The van der Waals surface area contributed by atoms with Crippen molar-refractivity contribution in [3.63, 3.8) is 0 Å². The molecule has 2 aromatic carbocycles. The fraction of sp³-hybridized carbons (Fsp3) is 0.556. The van der Waals surface area contributed by atoms with E-state index in [1.54, 1.807) is 0 Å². The molecule has 33 heavy (non-hydrogen) atoms. The number of hydrogen-bond donors (Lipinski definition) is 0. The average Bonchev–Trinajstić information content (AvgIpc) is 3.17. The Morgan fingerprint density at radius 2 is 1.00 bits per heavy atom. The smallest absolute Gasteiger partial charge is 0.119 e. The van der Waals surface area contributed by atoms with Crippen LogP contribution in [0.4, 0.5) is 0 Å². The standard InChI is InChI=1S/C27H36N2O2.2ClH/c1-3-11-28(12-4-1)15-17-30-24-7-9-26-22(20-24)19-23-21-25(8-10-27(23)26)31-18-16-29-13-5-2-6-14-29;;/h7-10,20-21H,1-6,11-19H2;2*1H. The van der Waals surface area contributed by atoms with E-state index in [2.05, 4.69) is 46.2 Å². The Kier molecular flexibility index (Phi) is 10.2. The second-order valence-electron chi connectivity index (χ2n) is 9.32. The minimum atomic E-state index is 0. The number of nitrogens with zero attached hydrogens (tertiary/aromatic N) is 2. The van der Waals surface area contributed by atoms with Crippen LogP contribution in [-0.4, -0.2) is 62.3 Å². The zero-order valence-corrected chi connectivity index (χ0v) is 21.2. The zero-order chi connectivity index (χ0) is 20.9. The van der Waals surface area contributed by atoms with Gasteiger partial charge in [-0.2, -0.15) is 0 Å². The molecule has 4 nitrogen and oxygen atoms in total. The monoisotopic (exact) mass is 492 g/mol. The number of likely N-dealkylation sites (tertiary alicyclic amines) is 2. The van der Waals surface area contributed by atoms with Gasteiger partial charge >= 0.3 is 0 Å². The molecular formula is C27H38Cl2N2O2. The minimum Gasteiger partial charge on any atom is -0.492 e. The van der Waals surface area contributed by atoms with Crippen LogP contribution >= 0.6 is 24.8 Å². The van der Waals surface area contributed by atoms with Gasteiger partial charge in [-0.15, -0.1) is 24.8 Å². The summed E-state index contributed by atoms with van der Waals surface area (Å²) in [7, 11) is 0. The molecule has 0 N–H and O–H groups in total. The van der Waals surface area contributed by atoms with Crippen LogP contribution in [0.3, 0.4) is 0 Å². The molecule has 6 heteroatoms. The van der Waals surface area contributed by atoms with Crippen molar-refractivity contribution in [2.45, 2.75) is 44.9 Å². The van der Waals surface area contributed by atoms with Crippen LogP contribution in [0, 0.1) is 0 Å². The molecule has 0 aromatic heterocycles. The van der Waals surface area contributed by atoms with Gasteiger partial charge in [-0.05, 0) is 105 Å². The van der Waals surface area contributed by atoms with Crippen molar-refractivity contribution in [2.24, 2.45) is 0 Å². The van der Waals surface area contributed by atoms with Crippen LogP contribution in [0.1, 0.15) is 49.7 Å². The van der Waals surface area contributed by atoms with Crippen molar-refractivity contribution in [2.75, 3.05) is 52.5 Å². The van der Waals surface area contributed by atoms with Crippen molar-refractivity contribution in [3.8, 4) is 22.6 Å².